The van der Waals surface area contributed by atoms with E-state index < -0.39 is 0 Å². The van der Waals surface area contributed by atoms with Crippen molar-refractivity contribution >= 4 is 30.7 Å². The van der Waals surface area contributed by atoms with Crippen LogP contribution in [0.15, 0.2) is 24.3 Å². The molecular weight excluding hydrogens is 321 g/mol. The maximum absolute atomic E-state index is 11.7. The van der Waals surface area contributed by atoms with E-state index in [4.69, 9.17) is 0 Å². The van der Waals surface area contributed by atoms with Crippen LogP contribution in [0.25, 0.3) is 0 Å². The Morgan fingerprint density at radius 3 is 2.55 bits per heavy atom. The van der Waals surface area contributed by atoms with Gasteiger partial charge in [0.25, 0.3) is 0 Å². The highest BCUT2D eigenvalue weighted by Gasteiger charge is 2.20. The molecule has 0 atom stereocenters. The topological polar surface area (TPSA) is 44.4 Å². The second kappa shape index (κ2) is 10.8. The maximum Gasteiger partial charge on any atom is 0.234 e. The molecule has 6 heteroatoms. The summed E-state index contributed by atoms with van der Waals surface area (Å²) in [4.78, 5) is 13.8. The van der Waals surface area contributed by atoms with E-state index in [2.05, 4.69) is 47.8 Å². The average molecular weight is 348 g/mol. The molecule has 0 saturated heterocycles. The summed E-state index contributed by atoms with van der Waals surface area (Å²) in [5, 5.41) is 6.16. The first kappa shape index (κ1) is 21.2. The quantitative estimate of drug-likeness (QED) is 0.757. The van der Waals surface area contributed by atoms with Gasteiger partial charge in [0.05, 0.1) is 6.54 Å². The van der Waals surface area contributed by atoms with Gasteiger partial charge < -0.3 is 15.5 Å². The molecule has 1 aliphatic rings. The molecule has 0 radical (unpaired) electrons. The van der Waals surface area contributed by atoms with E-state index in [9.17, 15) is 4.79 Å². The molecule has 4 nitrogen and oxygen atoms in total. The van der Waals surface area contributed by atoms with Crippen LogP contribution in [0.2, 0.25) is 0 Å². The van der Waals surface area contributed by atoms with E-state index in [0.717, 1.165) is 24.6 Å². The number of nitrogens with one attached hydrogen (secondary N) is 2. The lowest BCUT2D eigenvalue weighted by atomic mass is 10.1. The molecule has 1 aromatic carbocycles. The van der Waals surface area contributed by atoms with Gasteiger partial charge in [0, 0.05) is 13.1 Å². The molecule has 1 amide bonds. The van der Waals surface area contributed by atoms with Gasteiger partial charge in [0.15, 0.2) is 0 Å². The third kappa shape index (κ3) is 8.59. The highest BCUT2D eigenvalue weighted by atomic mass is 35.5. The van der Waals surface area contributed by atoms with Crippen LogP contribution in [-0.4, -0.2) is 38.0 Å². The molecule has 22 heavy (non-hydrogen) atoms. The Morgan fingerprint density at radius 2 is 1.91 bits per heavy atom. The van der Waals surface area contributed by atoms with Gasteiger partial charge in [-0.15, -0.1) is 24.8 Å². The van der Waals surface area contributed by atoms with Crippen molar-refractivity contribution in [3.05, 3.63) is 35.4 Å². The third-order valence-electron chi connectivity index (χ3n) is 3.40. The van der Waals surface area contributed by atoms with Gasteiger partial charge in [-0.25, -0.2) is 0 Å². The van der Waals surface area contributed by atoms with E-state index in [1.165, 1.54) is 18.4 Å². The predicted molar refractivity (Wildman–Crippen MR) is 95.8 cm³/mol. The van der Waals surface area contributed by atoms with Crippen molar-refractivity contribution in [3.8, 4) is 0 Å². The first-order valence-electron chi connectivity index (χ1n) is 7.33. The molecular formula is C16H27Cl2N3O. The van der Waals surface area contributed by atoms with Crippen molar-refractivity contribution in [2.75, 3.05) is 27.2 Å². The van der Waals surface area contributed by atoms with Crippen molar-refractivity contribution in [1.82, 2.24) is 15.5 Å². The molecule has 1 saturated carbocycles. The van der Waals surface area contributed by atoms with Crippen molar-refractivity contribution in [2.45, 2.75) is 25.9 Å². The van der Waals surface area contributed by atoms with E-state index in [0.29, 0.717) is 13.1 Å². The fraction of sp³-hybridized carbons (Fsp3) is 0.562. The van der Waals surface area contributed by atoms with E-state index in [1.807, 2.05) is 6.07 Å². The molecule has 0 aliphatic heterocycles. The van der Waals surface area contributed by atoms with Gasteiger partial charge in [-0.3, -0.25) is 4.79 Å². The van der Waals surface area contributed by atoms with E-state index >= 15 is 0 Å². The Hall–Kier alpha value is -0.810. The number of carbonyl (C=O) groups excluding carboxylic acids is 1. The smallest absolute Gasteiger partial charge is 0.234 e. The summed E-state index contributed by atoms with van der Waals surface area (Å²) in [7, 11) is 4.11. The van der Waals surface area contributed by atoms with Crippen molar-refractivity contribution < 1.29 is 4.79 Å². The summed E-state index contributed by atoms with van der Waals surface area (Å²) < 4.78 is 0. The SMILES string of the molecule is CN(C)Cc1cccc(CNC(=O)CNCC2CC2)c1.Cl.Cl. The number of hydrogen-bond donors (Lipinski definition) is 2. The Morgan fingerprint density at radius 1 is 1.23 bits per heavy atom. The van der Waals surface area contributed by atoms with Crippen molar-refractivity contribution in [3.63, 3.8) is 0 Å². The third-order valence-corrected chi connectivity index (χ3v) is 3.40. The van der Waals surface area contributed by atoms with Crippen LogP contribution in [0.1, 0.15) is 24.0 Å². The molecule has 0 spiro atoms. The highest BCUT2D eigenvalue weighted by Crippen LogP contribution is 2.27. The first-order chi connectivity index (χ1) is 9.63. The lowest BCUT2D eigenvalue weighted by molar-refractivity contribution is -0.120. The summed E-state index contributed by atoms with van der Waals surface area (Å²) in [6, 6.07) is 8.36. The molecule has 126 valence electrons. The average Bonchev–Trinajstić information content (AvgIpc) is 3.20. The molecule has 1 aliphatic carbocycles. The number of carbonyl (C=O) groups is 1. The Labute approximate surface area is 145 Å². The van der Waals surface area contributed by atoms with Crippen LogP contribution in [0.5, 0.6) is 0 Å². The van der Waals surface area contributed by atoms with Crippen LogP contribution in [0, 0.1) is 5.92 Å². The number of halogens is 2. The van der Waals surface area contributed by atoms with Gasteiger partial charge in [-0.1, -0.05) is 24.3 Å². The molecule has 2 rings (SSSR count). The zero-order valence-electron chi connectivity index (χ0n) is 13.3. The zero-order chi connectivity index (χ0) is 14.4. The number of nitrogens with zero attached hydrogens (tertiary/aromatic N) is 1. The Bertz CT molecular complexity index is 451. The number of hydrogen-bond acceptors (Lipinski definition) is 3. The predicted octanol–water partition coefficient (Wildman–Crippen LogP) is 2.21. The van der Waals surface area contributed by atoms with Crippen LogP contribution in [0.3, 0.4) is 0 Å². The summed E-state index contributed by atoms with van der Waals surface area (Å²) in [6.07, 6.45) is 2.63. The van der Waals surface area contributed by atoms with E-state index in [1.54, 1.807) is 0 Å². The maximum atomic E-state index is 11.7. The van der Waals surface area contributed by atoms with Crippen molar-refractivity contribution in [2.24, 2.45) is 5.92 Å². The van der Waals surface area contributed by atoms with Crippen LogP contribution in [0.4, 0.5) is 0 Å². The standard InChI is InChI=1S/C16H25N3O.2ClH/c1-19(2)12-15-5-3-4-14(8-15)10-18-16(20)11-17-9-13-6-7-13;;/h3-5,8,13,17H,6-7,9-12H2,1-2H3,(H,18,20);2*1H. The minimum absolute atomic E-state index is 0. The largest absolute Gasteiger partial charge is 0.351 e. The fourth-order valence-electron chi connectivity index (χ4n) is 2.18. The fourth-order valence-corrected chi connectivity index (χ4v) is 2.18. The lowest BCUT2D eigenvalue weighted by Crippen LogP contribution is -2.34. The highest BCUT2D eigenvalue weighted by molar-refractivity contribution is 5.85. The summed E-state index contributed by atoms with van der Waals surface area (Å²) in [6.45, 7) is 2.93. The Kier molecular flexibility index (Phi) is 10.4. The molecule has 0 unspecified atom stereocenters. The van der Waals surface area contributed by atoms with Gasteiger partial charge in [-0.2, -0.15) is 0 Å². The first-order valence-corrected chi connectivity index (χ1v) is 7.33. The second-order valence-electron chi connectivity index (χ2n) is 5.91. The number of rotatable bonds is 8. The lowest BCUT2D eigenvalue weighted by Gasteiger charge is -2.11. The van der Waals surface area contributed by atoms with Crippen LogP contribution >= 0.6 is 24.8 Å². The summed E-state index contributed by atoms with van der Waals surface area (Å²) in [5.41, 5.74) is 2.42. The summed E-state index contributed by atoms with van der Waals surface area (Å²) >= 11 is 0. The monoisotopic (exact) mass is 347 g/mol. The van der Waals surface area contributed by atoms with E-state index in [-0.39, 0.29) is 30.7 Å². The molecule has 0 bridgehead atoms. The summed E-state index contributed by atoms with van der Waals surface area (Å²) in [5.74, 6) is 0.883. The van der Waals surface area contributed by atoms with Crippen LogP contribution in [-0.2, 0) is 17.9 Å². The molecule has 0 aromatic heterocycles. The minimum Gasteiger partial charge on any atom is -0.351 e. The van der Waals surface area contributed by atoms with Crippen LogP contribution < -0.4 is 10.6 Å². The van der Waals surface area contributed by atoms with Crippen molar-refractivity contribution in [1.29, 1.82) is 0 Å². The van der Waals surface area contributed by atoms with Gasteiger partial charge in [0.2, 0.25) is 5.91 Å². The minimum atomic E-state index is 0. The number of amides is 1. The molecule has 1 aromatic rings. The molecule has 0 heterocycles. The second-order valence-corrected chi connectivity index (χ2v) is 5.91. The van der Waals surface area contributed by atoms with Gasteiger partial charge in [0.1, 0.15) is 0 Å². The number of benzene rings is 1. The molecule has 1 fully saturated rings. The van der Waals surface area contributed by atoms with Gasteiger partial charge >= 0.3 is 0 Å². The Balaban J connectivity index is 0.00000220. The molecule has 2 N–H and O–H groups in total. The normalized spacial score (nSPS) is 13.2. The van der Waals surface area contributed by atoms with Gasteiger partial charge in [-0.05, 0) is 50.5 Å². The zero-order valence-corrected chi connectivity index (χ0v) is 14.9.